The SMILES string of the molecule is COc1ccc(-c2nnc(S[C@H](C)C(=O)Nc3ccc4[nH]c(=O)[nH]c4c3)n2C[C@@H]2CCCO2)cc1. The molecule has 182 valence electrons. The Hall–Kier alpha value is -3.57. The van der Waals surface area contributed by atoms with E-state index in [1.165, 1.54) is 11.8 Å². The number of benzene rings is 2. The fraction of sp³-hybridized carbons (Fsp3) is 0.333. The number of carbonyl (C=O) groups excluding carboxylic acids is 1. The van der Waals surface area contributed by atoms with Gasteiger partial charge in [-0.3, -0.25) is 9.36 Å². The lowest BCUT2D eigenvalue weighted by Gasteiger charge is -2.16. The van der Waals surface area contributed by atoms with Gasteiger partial charge in [-0.05, 0) is 62.2 Å². The lowest BCUT2D eigenvalue weighted by Crippen LogP contribution is -2.23. The summed E-state index contributed by atoms with van der Waals surface area (Å²) in [6.45, 7) is 3.19. The maximum Gasteiger partial charge on any atom is 0.323 e. The summed E-state index contributed by atoms with van der Waals surface area (Å²) in [5.41, 5.74) is 2.54. The van der Waals surface area contributed by atoms with Gasteiger partial charge < -0.3 is 24.8 Å². The molecule has 35 heavy (non-hydrogen) atoms. The Bertz CT molecular complexity index is 1390. The zero-order valence-electron chi connectivity index (χ0n) is 19.4. The predicted octanol–water partition coefficient (Wildman–Crippen LogP) is 3.42. The minimum atomic E-state index is -0.438. The number of amides is 1. The number of aromatic amines is 2. The lowest BCUT2D eigenvalue weighted by atomic mass is 10.2. The molecule has 0 spiro atoms. The highest BCUT2D eigenvalue weighted by Crippen LogP contribution is 2.30. The van der Waals surface area contributed by atoms with E-state index < -0.39 is 5.25 Å². The fourth-order valence-corrected chi connectivity index (χ4v) is 4.91. The van der Waals surface area contributed by atoms with Crippen molar-refractivity contribution in [3.05, 3.63) is 52.9 Å². The van der Waals surface area contributed by atoms with Gasteiger partial charge in [0.05, 0.1) is 36.0 Å². The molecule has 0 bridgehead atoms. The van der Waals surface area contributed by atoms with E-state index in [9.17, 15) is 9.59 Å². The van der Waals surface area contributed by atoms with Crippen LogP contribution in [0.2, 0.25) is 0 Å². The zero-order valence-corrected chi connectivity index (χ0v) is 20.2. The molecule has 11 heteroatoms. The molecule has 1 fully saturated rings. The number of H-pyrrole nitrogens is 2. The summed E-state index contributed by atoms with van der Waals surface area (Å²) in [5.74, 6) is 1.31. The van der Waals surface area contributed by atoms with Crippen LogP contribution in [0.25, 0.3) is 22.4 Å². The Morgan fingerprint density at radius 2 is 2.03 bits per heavy atom. The van der Waals surface area contributed by atoms with Crippen molar-refractivity contribution < 1.29 is 14.3 Å². The van der Waals surface area contributed by atoms with Gasteiger partial charge in [0.1, 0.15) is 5.75 Å². The summed E-state index contributed by atoms with van der Waals surface area (Å²) < 4.78 is 13.2. The monoisotopic (exact) mass is 494 g/mol. The van der Waals surface area contributed by atoms with Crippen molar-refractivity contribution in [3.8, 4) is 17.1 Å². The molecule has 10 nitrogen and oxygen atoms in total. The summed E-state index contributed by atoms with van der Waals surface area (Å²) in [7, 11) is 1.63. The van der Waals surface area contributed by atoms with E-state index >= 15 is 0 Å². The summed E-state index contributed by atoms with van der Waals surface area (Å²) in [6.07, 6.45) is 2.09. The lowest BCUT2D eigenvalue weighted by molar-refractivity contribution is -0.115. The van der Waals surface area contributed by atoms with Crippen LogP contribution >= 0.6 is 11.8 Å². The van der Waals surface area contributed by atoms with Gasteiger partial charge in [0.25, 0.3) is 0 Å². The number of rotatable bonds is 8. The first-order valence-electron chi connectivity index (χ1n) is 11.4. The van der Waals surface area contributed by atoms with Crippen LogP contribution in [0.1, 0.15) is 19.8 Å². The number of anilines is 1. The van der Waals surface area contributed by atoms with E-state index in [-0.39, 0.29) is 17.7 Å². The summed E-state index contributed by atoms with van der Waals surface area (Å²) in [4.78, 5) is 29.8. The van der Waals surface area contributed by atoms with Crippen LogP contribution in [0.15, 0.2) is 52.4 Å². The number of imidazole rings is 1. The molecule has 1 aliphatic heterocycles. The molecule has 4 aromatic rings. The van der Waals surface area contributed by atoms with Crippen LogP contribution in [0, 0.1) is 0 Å². The molecule has 3 N–H and O–H groups in total. The van der Waals surface area contributed by atoms with Gasteiger partial charge in [-0.2, -0.15) is 0 Å². The second kappa shape index (κ2) is 9.96. The van der Waals surface area contributed by atoms with Gasteiger partial charge in [0.2, 0.25) is 5.91 Å². The second-order valence-corrected chi connectivity index (χ2v) is 9.68. The smallest absolute Gasteiger partial charge is 0.323 e. The molecule has 1 aliphatic rings. The fourth-order valence-electron chi connectivity index (χ4n) is 4.05. The van der Waals surface area contributed by atoms with Crippen molar-refractivity contribution in [1.82, 2.24) is 24.7 Å². The maximum absolute atomic E-state index is 13.0. The number of hydrogen-bond acceptors (Lipinski definition) is 7. The number of methoxy groups -OCH3 is 1. The third-order valence-corrected chi connectivity index (χ3v) is 6.99. The summed E-state index contributed by atoms with van der Waals surface area (Å²) in [6, 6.07) is 12.9. The number of thioether (sulfide) groups is 1. The molecular weight excluding hydrogens is 468 g/mol. The Kier molecular flexibility index (Phi) is 6.60. The van der Waals surface area contributed by atoms with Crippen LogP contribution in [0.3, 0.4) is 0 Å². The predicted molar refractivity (Wildman–Crippen MR) is 134 cm³/mol. The van der Waals surface area contributed by atoms with E-state index in [1.807, 2.05) is 35.8 Å². The van der Waals surface area contributed by atoms with Gasteiger partial charge in [-0.15, -0.1) is 10.2 Å². The average molecular weight is 495 g/mol. The molecule has 1 amide bonds. The third-order valence-electron chi connectivity index (χ3n) is 5.91. The maximum atomic E-state index is 13.0. The number of fused-ring (bicyclic) bond motifs is 1. The molecule has 2 aromatic carbocycles. The minimum Gasteiger partial charge on any atom is -0.497 e. The third kappa shape index (κ3) is 5.10. The van der Waals surface area contributed by atoms with Gasteiger partial charge >= 0.3 is 5.69 Å². The Labute approximate surface area is 205 Å². The van der Waals surface area contributed by atoms with Gasteiger partial charge in [0.15, 0.2) is 11.0 Å². The van der Waals surface area contributed by atoms with Gasteiger partial charge in [0, 0.05) is 17.9 Å². The quantitative estimate of drug-likeness (QED) is 0.320. The topological polar surface area (TPSA) is 127 Å². The average Bonchev–Trinajstić information content (AvgIpc) is 3.59. The zero-order chi connectivity index (χ0) is 24.4. The minimum absolute atomic E-state index is 0.0849. The molecule has 1 saturated heterocycles. The van der Waals surface area contributed by atoms with Crippen LogP contribution < -0.4 is 15.7 Å². The van der Waals surface area contributed by atoms with Crippen molar-refractivity contribution in [3.63, 3.8) is 0 Å². The molecule has 3 heterocycles. The normalized spacial score (nSPS) is 16.5. The number of ether oxygens (including phenoxy) is 2. The number of aromatic nitrogens is 5. The number of carbonyl (C=O) groups is 1. The highest BCUT2D eigenvalue weighted by atomic mass is 32.2. The molecular formula is C24H26N6O4S. The first-order valence-corrected chi connectivity index (χ1v) is 12.3. The summed E-state index contributed by atoms with van der Waals surface area (Å²) >= 11 is 1.34. The van der Waals surface area contributed by atoms with Crippen molar-refractivity contribution in [2.75, 3.05) is 19.0 Å². The van der Waals surface area contributed by atoms with E-state index in [2.05, 4.69) is 25.5 Å². The molecule has 2 atom stereocenters. The first-order chi connectivity index (χ1) is 17.0. The highest BCUT2D eigenvalue weighted by Gasteiger charge is 2.25. The second-order valence-electron chi connectivity index (χ2n) is 8.37. The largest absolute Gasteiger partial charge is 0.497 e. The van der Waals surface area contributed by atoms with Crippen molar-refractivity contribution >= 4 is 34.4 Å². The Morgan fingerprint density at radius 1 is 1.23 bits per heavy atom. The van der Waals surface area contributed by atoms with E-state index in [0.717, 1.165) is 36.6 Å². The highest BCUT2D eigenvalue weighted by molar-refractivity contribution is 8.00. The molecule has 5 rings (SSSR count). The van der Waals surface area contributed by atoms with Gasteiger partial charge in [-0.1, -0.05) is 11.8 Å². The molecule has 0 aliphatic carbocycles. The van der Waals surface area contributed by atoms with Crippen molar-refractivity contribution in [1.29, 1.82) is 0 Å². The Balaban J connectivity index is 1.35. The molecule has 2 aromatic heterocycles. The number of hydrogen-bond donors (Lipinski definition) is 3. The van der Waals surface area contributed by atoms with E-state index in [0.29, 0.717) is 28.4 Å². The van der Waals surface area contributed by atoms with E-state index in [1.54, 1.807) is 25.3 Å². The molecule has 0 unspecified atom stereocenters. The van der Waals surface area contributed by atoms with Crippen molar-refractivity contribution in [2.24, 2.45) is 0 Å². The number of nitrogens with one attached hydrogen (secondary N) is 3. The standard InChI is InChI=1S/C24H26N6O4S/c1-14(22(31)25-16-7-10-19-20(12-16)27-23(32)26-19)35-24-29-28-21(15-5-8-17(33-2)9-6-15)30(24)13-18-4-3-11-34-18/h5-10,12,14,18H,3-4,11,13H2,1-2H3,(H,25,31)(H2,26,27,32)/t14-,18+/m1/s1. The van der Waals surface area contributed by atoms with Crippen LogP contribution in [-0.2, 0) is 16.1 Å². The van der Waals surface area contributed by atoms with Crippen LogP contribution in [0.4, 0.5) is 5.69 Å². The van der Waals surface area contributed by atoms with Gasteiger partial charge in [-0.25, -0.2) is 4.79 Å². The van der Waals surface area contributed by atoms with E-state index in [4.69, 9.17) is 9.47 Å². The van der Waals surface area contributed by atoms with Crippen molar-refractivity contribution in [2.45, 2.75) is 42.8 Å². The number of nitrogens with zero attached hydrogens (tertiary/aromatic N) is 3. The van der Waals surface area contributed by atoms with Crippen LogP contribution in [0.5, 0.6) is 5.75 Å². The first kappa shape index (κ1) is 23.2. The Morgan fingerprint density at radius 3 is 2.77 bits per heavy atom. The molecule has 0 radical (unpaired) electrons. The molecule has 0 saturated carbocycles. The van der Waals surface area contributed by atoms with Crippen LogP contribution in [-0.4, -0.2) is 55.7 Å². The summed E-state index contributed by atoms with van der Waals surface area (Å²) in [5, 5.41) is 12.0.